The topological polar surface area (TPSA) is 105 Å². The normalized spacial score (nSPS) is 11.8. The van der Waals surface area contributed by atoms with E-state index < -0.39 is 0 Å². The van der Waals surface area contributed by atoms with Gasteiger partial charge in [0, 0.05) is 32.0 Å². The van der Waals surface area contributed by atoms with Crippen LogP contribution in [0.1, 0.15) is 42.1 Å². The molecule has 0 aliphatic rings. The van der Waals surface area contributed by atoms with Gasteiger partial charge < -0.3 is 21.7 Å². The summed E-state index contributed by atoms with van der Waals surface area (Å²) >= 11 is 5.81. The van der Waals surface area contributed by atoms with Crippen molar-refractivity contribution in [3.8, 4) is 0 Å². The predicted molar refractivity (Wildman–Crippen MR) is 110 cm³/mol. The lowest BCUT2D eigenvalue weighted by atomic mass is 10.0. The quantitative estimate of drug-likeness (QED) is 0.367. The molecule has 2 aromatic rings. The Hall–Kier alpha value is -2.38. The first-order valence-electron chi connectivity index (χ1n) is 9.11. The molecular formula is C19H27ClN6O. The van der Waals surface area contributed by atoms with Crippen molar-refractivity contribution in [1.29, 1.82) is 0 Å². The molecule has 2 rings (SSSR count). The Bertz CT molecular complexity index is 737. The third-order valence-electron chi connectivity index (χ3n) is 4.13. The molecule has 7 nitrogen and oxygen atoms in total. The molecule has 0 fully saturated rings. The SMILES string of the molecule is CCNC(=O)c1cnc(N)c(NCCCNC[C@@H](C)c2ccc(Cl)nc2)c1. The van der Waals surface area contributed by atoms with Crippen LogP contribution in [0.15, 0.2) is 30.6 Å². The predicted octanol–water partition coefficient (Wildman–Crippen LogP) is 2.66. The molecule has 0 aliphatic heterocycles. The lowest BCUT2D eigenvalue weighted by Crippen LogP contribution is -2.24. The highest BCUT2D eigenvalue weighted by molar-refractivity contribution is 6.29. The minimum Gasteiger partial charge on any atom is -0.382 e. The van der Waals surface area contributed by atoms with E-state index in [0.717, 1.165) is 31.6 Å². The zero-order chi connectivity index (χ0) is 19.6. The number of carbonyl (C=O) groups is 1. The van der Waals surface area contributed by atoms with E-state index >= 15 is 0 Å². The van der Waals surface area contributed by atoms with E-state index in [2.05, 4.69) is 32.8 Å². The molecule has 0 aromatic carbocycles. The van der Waals surface area contributed by atoms with Crippen molar-refractivity contribution in [3.63, 3.8) is 0 Å². The van der Waals surface area contributed by atoms with Crippen LogP contribution in [-0.4, -0.2) is 42.1 Å². The van der Waals surface area contributed by atoms with Crippen molar-refractivity contribution < 1.29 is 4.79 Å². The number of pyridine rings is 2. The number of halogens is 1. The zero-order valence-electron chi connectivity index (χ0n) is 15.8. The average molecular weight is 391 g/mol. The highest BCUT2D eigenvalue weighted by atomic mass is 35.5. The van der Waals surface area contributed by atoms with Gasteiger partial charge in [-0.25, -0.2) is 9.97 Å². The molecule has 8 heteroatoms. The molecule has 0 bridgehead atoms. The van der Waals surface area contributed by atoms with Gasteiger partial charge in [0.15, 0.2) is 0 Å². The molecule has 0 aliphatic carbocycles. The summed E-state index contributed by atoms with van der Waals surface area (Å²) in [4.78, 5) is 20.1. The standard InChI is InChI=1S/C19H27ClN6O/c1-3-23-19(27)15-9-16(18(21)26-12-15)24-8-4-7-22-10-13(2)14-5-6-17(20)25-11-14/h5-6,9,11-13,22,24H,3-4,7-8,10H2,1-2H3,(H2,21,26)(H,23,27)/t13-/m1/s1. The average Bonchev–Trinajstić information content (AvgIpc) is 2.66. The number of amides is 1. The van der Waals surface area contributed by atoms with Crippen LogP contribution in [0.3, 0.4) is 0 Å². The van der Waals surface area contributed by atoms with E-state index in [1.165, 1.54) is 6.20 Å². The Morgan fingerprint density at radius 3 is 2.78 bits per heavy atom. The van der Waals surface area contributed by atoms with Crippen LogP contribution in [0.25, 0.3) is 0 Å². The molecule has 2 aromatic heterocycles. The fourth-order valence-corrected chi connectivity index (χ4v) is 2.67. The Labute approximate surface area is 165 Å². The molecule has 146 valence electrons. The van der Waals surface area contributed by atoms with Gasteiger partial charge in [0.2, 0.25) is 0 Å². The number of anilines is 2. The van der Waals surface area contributed by atoms with E-state index in [1.807, 2.05) is 25.3 Å². The first-order valence-corrected chi connectivity index (χ1v) is 9.48. The zero-order valence-corrected chi connectivity index (χ0v) is 16.5. The summed E-state index contributed by atoms with van der Waals surface area (Å²) in [6.07, 6.45) is 4.21. The van der Waals surface area contributed by atoms with Gasteiger partial charge in [-0.1, -0.05) is 24.6 Å². The summed E-state index contributed by atoms with van der Waals surface area (Å²) in [7, 11) is 0. The number of carbonyl (C=O) groups excluding carboxylic acids is 1. The number of nitrogen functional groups attached to an aromatic ring is 1. The van der Waals surface area contributed by atoms with Crippen LogP contribution in [0.5, 0.6) is 0 Å². The minimum atomic E-state index is -0.152. The molecule has 1 amide bonds. The first-order chi connectivity index (χ1) is 13.0. The molecule has 27 heavy (non-hydrogen) atoms. The second kappa shape index (κ2) is 10.7. The summed E-state index contributed by atoms with van der Waals surface area (Å²) in [6.45, 7) is 7.05. The smallest absolute Gasteiger partial charge is 0.252 e. The maximum absolute atomic E-state index is 11.9. The highest BCUT2D eigenvalue weighted by Gasteiger charge is 2.09. The van der Waals surface area contributed by atoms with Crippen molar-refractivity contribution in [3.05, 3.63) is 46.9 Å². The lowest BCUT2D eigenvalue weighted by Gasteiger charge is -2.14. The fraction of sp³-hybridized carbons (Fsp3) is 0.421. The van der Waals surface area contributed by atoms with E-state index in [0.29, 0.717) is 34.7 Å². The fourth-order valence-electron chi connectivity index (χ4n) is 2.56. The number of nitrogens with one attached hydrogen (secondary N) is 3. The van der Waals surface area contributed by atoms with Crippen LogP contribution in [0.2, 0.25) is 5.15 Å². The van der Waals surface area contributed by atoms with Gasteiger partial charge >= 0.3 is 0 Å². The van der Waals surface area contributed by atoms with Gasteiger partial charge in [-0.15, -0.1) is 0 Å². The summed E-state index contributed by atoms with van der Waals surface area (Å²) in [5.74, 6) is 0.594. The number of hydrogen-bond donors (Lipinski definition) is 4. The van der Waals surface area contributed by atoms with Gasteiger partial charge in [-0.05, 0) is 43.5 Å². The van der Waals surface area contributed by atoms with Gasteiger partial charge in [0.25, 0.3) is 5.91 Å². The lowest BCUT2D eigenvalue weighted by molar-refractivity contribution is 0.0955. The molecule has 0 unspecified atom stereocenters. The van der Waals surface area contributed by atoms with E-state index in [4.69, 9.17) is 17.3 Å². The third kappa shape index (κ3) is 6.69. The molecule has 0 spiro atoms. The van der Waals surface area contributed by atoms with Crippen LogP contribution in [0, 0.1) is 0 Å². The number of aromatic nitrogens is 2. The number of nitrogens with two attached hydrogens (primary N) is 1. The van der Waals surface area contributed by atoms with Crippen molar-refractivity contribution in [2.75, 3.05) is 37.2 Å². The second-order valence-electron chi connectivity index (χ2n) is 6.32. The van der Waals surface area contributed by atoms with Crippen molar-refractivity contribution in [2.24, 2.45) is 0 Å². The summed E-state index contributed by atoms with van der Waals surface area (Å²) in [5, 5.41) is 9.94. The van der Waals surface area contributed by atoms with E-state index in [9.17, 15) is 4.79 Å². The minimum absolute atomic E-state index is 0.152. The molecule has 1 atom stereocenters. The molecule has 0 saturated heterocycles. The molecule has 5 N–H and O–H groups in total. The van der Waals surface area contributed by atoms with E-state index in [1.54, 1.807) is 6.07 Å². The van der Waals surface area contributed by atoms with Gasteiger partial charge in [-0.3, -0.25) is 4.79 Å². The summed E-state index contributed by atoms with van der Waals surface area (Å²) in [6, 6.07) is 5.54. The molecule has 2 heterocycles. The number of hydrogen-bond acceptors (Lipinski definition) is 6. The first kappa shape index (κ1) is 20.9. The maximum atomic E-state index is 11.9. The maximum Gasteiger partial charge on any atom is 0.252 e. The van der Waals surface area contributed by atoms with Gasteiger partial charge in [0.05, 0.1) is 11.3 Å². The largest absolute Gasteiger partial charge is 0.382 e. The number of nitrogens with zero attached hydrogens (tertiary/aromatic N) is 2. The van der Waals surface area contributed by atoms with Crippen molar-refractivity contribution in [1.82, 2.24) is 20.6 Å². The molecule has 0 radical (unpaired) electrons. The summed E-state index contributed by atoms with van der Waals surface area (Å²) < 4.78 is 0. The Kier molecular flexibility index (Phi) is 8.29. The molecular weight excluding hydrogens is 364 g/mol. The monoisotopic (exact) mass is 390 g/mol. The molecule has 0 saturated carbocycles. The Morgan fingerprint density at radius 1 is 1.26 bits per heavy atom. The van der Waals surface area contributed by atoms with Gasteiger partial charge in [-0.2, -0.15) is 0 Å². The van der Waals surface area contributed by atoms with Crippen molar-refractivity contribution in [2.45, 2.75) is 26.2 Å². The van der Waals surface area contributed by atoms with Crippen LogP contribution < -0.4 is 21.7 Å². The third-order valence-corrected chi connectivity index (χ3v) is 4.36. The van der Waals surface area contributed by atoms with Gasteiger partial charge in [0.1, 0.15) is 11.0 Å². The van der Waals surface area contributed by atoms with E-state index in [-0.39, 0.29) is 5.91 Å². The highest BCUT2D eigenvalue weighted by Crippen LogP contribution is 2.17. The van der Waals surface area contributed by atoms with Crippen LogP contribution >= 0.6 is 11.6 Å². The Morgan fingerprint density at radius 2 is 2.07 bits per heavy atom. The second-order valence-corrected chi connectivity index (χ2v) is 6.70. The van der Waals surface area contributed by atoms with Crippen LogP contribution in [0.4, 0.5) is 11.5 Å². The van der Waals surface area contributed by atoms with Crippen LogP contribution in [-0.2, 0) is 0 Å². The van der Waals surface area contributed by atoms with Crippen molar-refractivity contribution >= 4 is 29.0 Å². The summed E-state index contributed by atoms with van der Waals surface area (Å²) in [5.41, 5.74) is 8.22. The number of rotatable bonds is 10. The Balaban J connectivity index is 1.71.